The molecule has 4 aliphatic heterocycles. The van der Waals surface area contributed by atoms with Crippen LogP contribution in [0.2, 0.25) is 0 Å². The lowest BCUT2D eigenvalue weighted by molar-refractivity contribution is 0.00578. The first-order valence-corrected chi connectivity index (χ1v) is 36.1. The van der Waals surface area contributed by atoms with E-state index in [1.807, 2.05) is 111 Å². The average molecular weight is 1430 g/mol. The molecule has 3 aromatic carbocycles. The summed E-state index contributed by atoms with van der Waals surface area (Å²) in [6.45, 7) is 24.5. The number of hydrogen-bond donors (Lipinski definition) is 1. The van der Waals surface area contributed by atoms with Crippen molar-refractivity contribution in [1.82, 2.24) is 45.0 Å². The highest BCUT2D eigenvalue weighted by atomic mass is 79.9. The van der Waals surface area contributed by atoms with Crippen LogP contribution in [-0.2, 0) is 38.0 Å². The van der Waals surface area contributed by atoms with E-state index in [-0.39, 0.29) is 35.8 Å². The Hall–Kier alpha value is -8.19. The monoisotopic (exact) mass is 1420 g/mol. The van der Waals surface area contributed by atoms with Crippen molar-refractivity contribution in [2.24, 2.45) is 0 Å². The number of fused-ring (bicyclic) bond motifs is 9. The van der Waals surface area contributed by atoms with Gasteiger partial charge in [0, 0.05) is 131 Å². The molecule has 4 saturated heterocycles. The zero-order valence-corrected chi connectivity index (χ0v) is 61.7. The Morgan fingerprint density at radius 2 is 0.840 bits per heavy atom. The first kappa shape index (κ1) is 71.6. The zero-order chi connectivity index (χ0) is 69.2. The third kappa shape index (κ3) is 16.1. The van der Waals surface area contributed by atoms with Crippen LogP contribution in [0.5, 0.6) is 0 Å². The summed E-state index contributed by atoms with van der Waals surface area (Å²) in [7, 11) is -0.452. The van der Waals surface area contributed by atoms with Gasteiger partial charge in [-0.25, -0.2) is 9.59 Å². The van der Waals surface area contributed by atoms with E-state index in [9.17, 15) is 9.59 Å². The van der Waals surface area contributed by atoms with Crippen molar-refractivity contribution in [2.45, 2.75) is 167 Å². The first-order chi connectivity index (χ1) is 47.5. The van der Waals surface area contributed by atoms with Gasteiger partial charge in [-0.05, 0) is 209 Å². The topological polar surface area (TPSA) is 167 Å². The van der Waals surface area contributed by atoms with Crippen molar-refractivity contribution in [2.75, 3.05) is 39.3 Å². The maximum atomic E-state index is 12.4. The Balaban J connectivity index is 0.000000130. The first-order valence-electron chi connectivity index (χ1n) is 35.3. The van der Waals surface area contributed by atoms with Crippen LogP contribution in [0.15, 0.2) is 169 Å². The lowest BCUT2D eigenvalue weighted by Crippen LogP contribution is -2.42. The predicted molar refractivity (Wildman–Crippen MR) is 403 cm³/mol. The highest BCUT2D eigenvalue weighted by Crippen LogP contribution is 2.45. The SMILES string of the molecule is Brc1ccnc2c1-c1ccccc1C2.CC(C)(C)OC(=O)N1CCC(c2cccc(-c3ccnc4c3-c3ccccc3C4)n2)CC1.CC(C)(C)OC(=O)N1CCC(c2cccc(B3OC(C)(C)C(C)(C)O3)n2)CC1.Cl.c1cc(-c2ccnc3c2-c2ccccc2C3)nc(C2CCNCC2)c1. The van der Waals surface area contributed by atoms with Crippen LogP contribution < -0.4 is 10.9 Å². The molecule has 18 heteroatoms. The lowest BCUT2D eigenvalue weighted by Gasteiger charge is -2.33. The molecule has 1 N–H and O–H groups in total. The molecule has 100 heavy (non-hydrogen) atoms. The number of pyridine rings is 6. The Kier molecular flexibility index (Phi) is 21.6. The second-order valence-corrected chi connectivity index (χ2v) is 30.8. The van der Waals surface area contributed by atoms with E-state index in [2.05, 4.69) is 164 Å². The Bertz CT molecular complexity index is 4400. The fourth-order valence-corrected chi connectivity index (χ4v) is 15.0. The number of amides is 2. The van der Waals surface area contributed by atoms with Crippen molar-refractivity contribution >= 4 is 53.2 Å². The number of likely N-dealkylation sites (tertiary alicyclic amines) is 2. The number of rotatable bonds is 6. The molecule has 0 unspecified atom stereocenters. The van der Waals surface area contributed by atoms with Gasteiger partial charge in [-0.15, -0.1) is 12.4 Å². The second kappa shape index (κ2) is 30.2. The third-order valence-corrected chi connectivity index (χ3v) is 20.9. The van der Waals surface area contributed by atoms with Crippen molar-refractivity contribution in [3.63, 3.8) is 0 Å². The summed E-state index contributed by atoms with van der Waals surface area (Å²) in [5, 5.41) is 3.44. The van der Waals surface area contributed by atoms with Crippen molar-refractivity contribution in [3.8, 4) is 55.9 Å². The highest BCUT2D eigenvalue weighted by Gasteiger charge is 2.52. The molecule has 0 saturated carbocycles. The van der Waals surface area contributed by atoms with E-state index in [0.717, 1.165) is 102 Å². The molecular weight excluding hydrogens is 1330 g/mol. The Labute approximate surface area is 604 Å². The number of nitrogens with one attached hydrogen (secondary N) is 1. The van der Waals surface area contributed by atoms with Crippen molar-refractivity contribution in [3.05, 3.63) is 220 Å². The van der Waals surface area contributed by atoms with Crippen LogP contribution in [0, 0.1) is 0 Å². The number of halogens is 2. The van der Waals surface area contributed by atoms with Crippen LogP contribution in [0.25, 0.3) is 55.9 Å². The number of carbonyl (C=O) groups is 2. The summed E-state index contributed by atoms with van der Waals surface area (Å²) in [6.07, 6.45) is 13.9. The fourth-order valence-electron chi connectivity index (χ4n) is 14.4. The molecule has 518 valence electrons. The number of benzene rings is 3. The predicted octanol–water partition coefficient (Wildman–Crippen LogP) is 17.3. The smallest absolute Gasteiger partial charge is 0.444 e. The molecule has 0 atom stereocenters. The van der Waals surface area contributed by atoms with Crippen LogP contribution in [0.1, 0.15) is 176 Å². The molecule has 16 rings (SSSR count). The van der Waals surface area contributed by atoms with Crippen molar-refractivity contribution < 1.29 is 28.4 Å². The van der Waals surface area contributed by atoms with E-state index in [4.69, 9.17) is 33.7 Å². The average Bonchev–Trinajstić information content (AvgIpc) is 1.63. The number of ether oxygens (including phenoxy) is 2. The van der Waals surface area contributed by atoms with Gasteiger partial charge in [0.05, 0.1) is 45.3 Å². The van der Waals surface area contributed by atoms with Crippen LogP contribution in [0.3, 0.4) is 0 Å². The van der Waals surface area contributed by atoms with Crippen LogP contribution in [-0.4, -0.2) is 121 Å². The molecule has 6 aromatic heterocycles. The van der Waals surface area contributed by atoms with Gasteiger partial charge in [0.15, 0.2) is 0 Å². The van der Waals surface area contributed by atoms with Gasteiger partial charge in [-0.3, -0.25) is 29.9 Å². The number of carbonyl (C=O) groups excluding carboxylic acids is 2. The van der Waals surface area contributed by atoms with E-state index in [1.165, 1.54) is 85.6 Å². The molecule has 2 amide bonds. The zero-order valence-electron chi connectivity index (χ0n) is 59.3. The molecule has 0 bridgehead atoms. The quantitative estimate of drug-likeness (QED) is 0.156. The number of hydrogen-bond acceptors (Lipinski definition) is 13. The molecule has 9 aromatic rings. The molecule has 0 spiro atoms. The van der Waals surface area contributed by atoms with E-state index >= 15 is 0 Å². The summed E-state index contributed by atoms with van der Waals surface area (Å²) in [4.78, 5) is 56.9. The minimum Gasteiger partial charge on any atom is -0.444 e. The Morgan fingerprint density at radius 3 is 1.27 bits per heavy atom. The van der Waals surface area contributed by atoms with E-state index in [0.29, 0.717) is 43.9 Å². The van der Waals surface area contributed by atoms with Gasteiger partial charge in [0.25, 0.3) is 0 Å². The molecule has 4 fully saturated rings. The molecule has 0 radical (unpaired) electrons. The van der Waals surface area contributed by atoms with Gasteiger partial charge in [0.1, 0.15) is 11.2 Å². The standard InChI is InChI=1S/C27H29N3O2.C22H21N3.C21H33BN2O4.C12H8BrN.ClH/c1-27(2,3)32-26(31)30-15-12-18(13-16-30)22-9-6-10-23(29-22)21-11-14-28-24-17-19-7-4-5-8-20(19)25(21)24;1-2-5-17-16(4-1)14-21-22(17)18(10-13-24-21)20-7-3-6-19(25-20)15-8-11-23-12-9-15;1-19(2,3)26-18(25)24-13-11-15(12-14-24)16-9-8-10-17(23-16)22-27-20(4,5)21(6,7)28-22;13-10-5-6-14-11-7-8-3-1-2-4-9(8)12(10)11;/h4-11,14,18H,12-13,15-17H2,1-3H3;1-7,10,13,15,23H,8-9,11-12,14H2;8-10,15H,11-14H2,1-7H3;1-6H,7H2;1H. The maximum Gasteiger partial charge on any atom is 0.514 e. The molecule has 3 aliphatic carbocycles. The van der Waals surface area contributed by atoms with Crippen LogP contribution in [0.4, 0.5) is 9.59 Å². The van der Waals surface area contributed by atoms with Gasteiger partial charge in [0.2, 0.25) is 0 Å². The summed E-state index contributed by atoms with van der Waals surface area (Å²) in [5.74, 6) is 1.24. The second-order valence-electron chi connectivity index (χ2n) is 30.0. The number of nitrogens with zero attached hydrogens (tertiary/aromatic N) is 8. The van der Waals surface area contributed by atoms with Gasteiger partial charge in [-0.2, -0.15) is 0 Å². The van der Waals surface area contributed by atoms with Gasteiger partial charge >= 0.3 is 19.3 Å². The summed E-state index contributed by atoms with van der Waals surface area (Å²) in [5.41, 5.74) is 22.1. The minimum atomic E-state index is -0.466. The van der Waals surface area contributed by atoms with E-state index in [1.54, 1.807) is 4.90 Å². The largest absolute Gasteiger partial charge is 0.514 e. The molecule has 15 nitrogen and oxygen atoms in total. The van der Waals surface area contributed by atoms with E-state index < -0.39 is 18.3 Å². The van der Waals surface area contributed by atoms with Crippen LogP contribution >= 0.6 is 28.3 Å². The van der Waals surface area contributed by atoms with Crippen molar-refractivity contribution in [1.29, 1.82) is 0 Å². The highest BCUT2D eigenvalue weighted by molar-refractivity contribution is 9.10. The molecule has 7 aliphatic rings. The molecule has 10 heterocycles. The summed E-state index contributed by atoms with van der Waals surface area (Å²) in [6, 6.07) is 50.7. The molecular formula is C82H92BBrClN9O6. The summed E-state index contributed by atoms with van der Waals surface area (Å²) >= 11 is 3.58. The van der Waals surface area contributed by atoms with Gasteiger partial charge in [-0.1, -0.05) is 107 Å². The fraction of sp³-hybridized carbons (Fsp3) is 0.390. The third-order valence-electron chi connectivity index (χ3n) is 20.2. The summed E-state index contributed by atoms with van der Waals surface area (Å²) < 4.78 is 24.4. The number of piperidine rings is 3. The normalized spacial score (nSPS) is 17.2. The lowest BCUT2D eigenvalue weighted by atomic mass is 9.83. The Morgan fingerprint density at radius 1 is 0.470 bits per heavy atom. The maximum absolute atomic E-state index is 12.4. The minimum absolute atomic E-state index is 0. The number of aromatic nitrogens is 6. The van der Waals surface area contributed by atoms with Gasteiger partial charge < -0.3 is 33.9 Å².